The van der Waals surface area contributed by atoms with Gasteiger partial charge in [-0.3, -0.25) is 0 Å². The van der Waals surface area contributed by atoms with Crippen molar-refractivity contribution in [3.63, 3.8) is 0 Å². The first-order valence-corrected chi connectivity index (χ1v) is 20.6. The molecule has 2 heteroatoms. The molecular weight excluding hydrogens is 709 g/mol. The summed E-state index contributed by atoms with van der Waals surface area (Å²) in [4.78, 5) is 2.41. The fourth-order valence-corrected chi connectivity index (χ4v) is 9.25. The van der Waals surface area contributed by atoms with Crippen LogP contribution in [-0.2, 0) is 5.41 Å². The summed E-state index contributed by atoms with van der Waals surface area (Å²) in [5.41, 5.74) is 22.1. The van der Waals surface area contributed by atoms with E-state index in [1.165, 1.54) is 83.4 Å². The third kappa shape index (κ3) is 6.48. The summed E-state index contributed by atoms with van der Waals surface area (Å²) in [6, 6.07) is 79.9. The zero-order valence-corrected chi connectivity index (χ0v) is 33.7. The van der Waals surface area contributed by atoms with Crippen molar-refractivity contribution in [2.24, 2.45) is 0 Å². The van der Waals surface area contributed by atoms with Gasteiger partial charge in [0, 0.05) is 22.5 Å². The highest BCUT2D eigenvalue weighted by Gasteiger charge is 2.35. The molecule has 0 heterocycles. The van der Waals surface area contributed by atoms with Crippen molar-refractivity contribution in [1.29, 1.82) is 0 Å². The van der Waals surface area contributed by atoms with Crippen LogP contribution in [0.2, 0.25) is 0 Å². The Morgan fingerprint density at radius 1 is 0.322 bits per heavy atom. The third-order valence-electron chi connectivity index (χ3n) is 12.3. The van der Waals surface area contributed by atoms with Crippen LogP contribution in [0, 0.1) is 0 Å². The summed E-state index contributed by atoms with van der Waals surface area (Å²) in [5, 5.41) is 0. The average Bonchev–Trinajstić information content (AvgIpc) is 3.52. The minimum atomic E-state index is -0.108. The molecule has 10 rings (SSSR count). The molecular formula is C57H44BN. The van der Waals surface area contributed by atoms with Gasteiger partial charge in [0.05, 0.1) is 0 Å². The van der Waals surface area contributed by atoms with Crippen molar-refractivity contribution >= 4 is 30.4 Å². The van der Waals surface area contributed by atoms with Crippen LogP contribution in [-0.4, -0.2) is 7.85 Å². The Bertz CT molecular complexity index is 2950. The second-order valence-corrected chi connectivity index (χ2v) is 16.2. The summed E-state index contributed by atoms with van der Waals surface area (Å²) < 4.78 is 0. The van der Waals surface area contributed by atoms with Gasteiger partial charge in [0.1, 0.15) is 7.85 Å². The Morgan fingerprint density at radius 2 is 0.763 bits per heavy atom. The maximum absolute atomic E-state index is 2.41. The molecule has 0 amide bonds. The van der Waals surface area contributed by atoms with Crippen molar-refractivity contribution < 1.29 is 0 Å². The highest BCUT2D eigenvalue weighted by atomic mass is 15.1. The summed E-state index contributed by atoms with van der Waals surface area (Å²) in [7, 11) is 2.20. The molecule has 9 aromatic carbocycles. The molecule has 280 valence electrons. The lowest BCUT2D eigenvalue weighted by molar-refractivity contribution is 0.660. The van der Waals surface area contributed by atoms with Gasteiger partial charge in [-0.05, 0) is 114 Å². The molecule has 1 aliphatic carbocycles. The quantitative estimate of drug-likeness (QED) is 0.140. The van der Waals surface area contributed by atoms with E-state index in [0.29, 0.717) is 0 Å². The smallest absolute Gasteiger partial charge is 0.140 e. The van der Waals surface area contributed by atoms with Crippen LogP contribution in [0.1, 0.15) is 25.0 Å². The molecule has 0 unspecified atom stereocenters. The molecule has 0 radical (unpaired) electrons. The van der Waals surface area contributed by atoms with E-state index in [1.54, 1.807) is 0 Å². The van der Waals surface area contributed by atoms with Gasteiger partial charge in [-0.2, -0.15) is 0 Å². The van der Waals surface area contributed by atoms with E-state index in [4.69, 9.17) is 0 Å². The molecule has 0 aliphatic heterocycles. The summed E-state index contributed by atoms with van der Waals surface area (Å²) in [6.07, 6.45) is 0. The lowest BCUT2D eigenvalue weighted by Gasteiger charge is -2.28. The second kappa shape index (κ2) is 15.0. The number of anilines is 3. The number of hydrogen-bond acceptors (Lipinski definition) is 1. The molecule has 1 nitrogen and oxygen atoms in total. The van der Waals surface area contributed by atoms with Crippen LogP contribution in [0.5, 0.6) is 0 Å². The largest absolute Gasteiger partial charge is 0.310 e. The Kier molecular flexibility index (Phi) is 9.19. The minimum Gasteiger partial charge on any atom is -0.310 e. The van der Waals surface area contributed by atoms with E-state index in [-0.39, 0.29) is 5.41 Å². The number of hydrogen-bond donors (Lipinski definition) is 0. The van der Waals surface area contributed by atoms with Gasteiger partial charge < -0.3 is 4.90 Å². The minimum absolute atomic E-state index is 0.108. The first-order valence-electron chi connectivity index (χ1n) is 20.6. The zero-order chi connectivity index (χ0) is 39.9. The highest BCUT2D eigenvalue weighted by molar-refractivity contribution is 6.36. The summed E-state index contributed by atoms with van der Waals surface area (Å²) in [5.74, 6) is 0. The van der Waals surface area contributed by atoms with Crippen molar-refractivity contribution in [2.75, 3.05) is 4.90 Å². The first kappa shape index (κ1) is 36.2. The van der Waals surface area contributed by atoms with Gasteiger partial charge in [-0.15, -0.1) is 0 Å². The van der Waals surface area contributed by atoms with Gasteiger partial charge in [-0.25, -0.2) is 0 Å². The monoisotopic (exact) mass is 753 g/mol. The topological polar surface area (TPSA) is 3.24 Å². The van der Waals surface area contributed by atoms with Gasteiger partial charge in [0.15, 0.2) is 0 Å². The van der Waals surface area contributed by atoms with Gasteiger partial charge in [-0.1, -0.05) is 201 Å². The van der Waals surface area contributed by atoms with E-state index >= 15 is 0 Å². The Morgan fingerprint density at radius 3 is 1.41 bits per heavy atom. The Balaban J connectivity index is 1.12. The zero-order valence-electron chi connectivity index (χ0n) is 33.7. The van der Waals surface area contributed by atoms with E-state index in [2.05, 4.69) is 245 Å². The van der Waals surface area contributed by atoms with Gasteiger partial charge in [0.2, 0.25) is 0 Å². The predicted molar refractivity (Wildman–Crippen MR) is 254 cm³/mol. The standard InChI is InChI=1S/C57H44BN/c1-57(2)53-26-13-11-21-49(53)50-37-36-45(38-54(50)57)59(43-32-28-40(29-33-43)39-16-5-3-6-17-39)44-34-30-42(31-35-44)47-25-15-24-46(41-18-7-4-8-19-41)56(47)52-23-10-9-20-48(52)51-22-12-14-27-55(51)58/h3-38H,58H2,1-2H3. The molecule has 0 N–H and O–H groups in total. The highest BCUT2D eigenvalue weighted by Crippen LogP contribution is 2.51. The molecule has 0 spiro atoms. The molecule has 0 bridgehead atoms. The molecule has 0 saturated carbocycles. The van der Waals surface area contributed by atoms with Crippen molar-refractivity contribution in [1.82, 2.24) is 0 Å². The molecule has 0 atom stereocenters. The van der Waals surface area contributed by atoms with Crippen LogP contribution in [0.3, 0.4) is 0 Å². The van der Waals surface area contributed by atoms with E-state index in [9.17, 15) is 0 Å². The molecule has 0 saturated heterocycles. The Labute approximate surface area is 349 Å². The van der Waals surface area contributed by atoms with Gasteiger partial charge >= 0.3 is 0 Å². The molecule has 1 aliphatic rings. The lowest BCUT2D eigenvalue weighted by atomic mass is 9.81. The first-order chi connectivity index (χ1) is 29.0. The van der Waals surface area contributed by atoms with Crippen molar-refractivity contribution in [2.45, 2.75) is 19.3 Å². The number of nitrogens with zero attached hydrogens (tertiary/aromatic N) is 1. The van der Waals surface area contributed by atoms with Crippen LogP contribution in [0.4, 0.5) is 17.1 Å². The van der Waals surface area contributed by atoms with Crippen LogP contribution in [0.15, 0.2) is 218 Å². The molecule has 0 fully saturated rings. The van der Waals surface area contributed by atoms with Crippen molar-refractivity contribution in [3.05, 3.63) is 230 Å². The SMILES string of the molecule is Bc1ccccc1-c1ccccc1-c1c(-c2ccccc2)cccc1-c1ccc(N(c2ccc(-c3ccccc3)cc2)c2ccc3c(c2)C(C)(C)c2ccccc2-3)cc1. The normalized spacial score (nSPS) is 12.4. The van der Waals surface area contributed by atoms with E-state index in [1.807, 2.05) is 0 Å². The molecule has 59 heavy (non-hydrogen) atoms. The fourth-order valence-electron chi connectivity index (χ4n) is 9.25. The summed E-state index contributed by atoms with van der Waals surface area (Å²) in [6.45, 7) is 4.71. The van der Waals surface area contributed by atoms with E-state index in [0.717, 1.165) is 17.1 Å². The van der Waals surface area contributed by atoms with Crippen LogP contribution < -0.4 is 10.4 Å². The molecule has 9 aromatic rings. The third-order valence-corrected chi connectivity index (χ3v) is 12.3. The van der Waals surface area contributed by atoms with E-state index < -0.39 is 0 Å². The van der Waals surface area contributed by atoms with Crippen molar-refractivity contribution in [3.8, 4) is 66.8 Å². The maximum Gasteiger partial charge on any atom is 0.140 e. The average molecular weight is 754 g/mol. The number of fused-ring (bicyclic) bond motifs is 3. The Hall–Kier alpha value is -7.16. The van der Waals surface area contributed by atoms with Crippen LogP contribution >= 0.6 is 0 Å². The maximum atomic E-state index is 2.41. The number of benzene rings is 9. The molecule has 0 aromatic heterocycles. The lowest BCUT2D eigenvalue weighted by Crippen LogP contribution is -2.16. The fraction of sp³-hybridized carbons (Fsp3) is 0.0526. The van der Waals surface area contributed by atoms with Gasteiger partial charge in [0.25, 0.3) is 0 Å². The summed E-state index contributed by atoms with van der Waals surface area (Å²) >= 11 is 0. The predicted octanol–water partition coefficient (Wildman–Crippen LogP) is 14.1. The number of rotatable bonds is 8. The van der Waals surface area contributed by atoms with Crippen LogP contribution in [0.25, 0.3) is 66.8 Å². The second-order valence-electron chi connectivity index (χ2n) is 16.2.